The Morgan fingerprint density at radius 2 is 1.72 bits per heavy atom. The highest BCUT2D eigenvalue weighted by Crippen LogP contribution is 2.29. The van der Waals surface area contributed by atoms with Gasteiger partial charge in [-0.05, 0) is 53.6 Å². The first-order valence-corrected chi connectivity index (χ1v) is 7.71. The van der Waals surface area contributed by atoms with Crippen LogP contribution >= 0.6 is 0 Å². The van der Waals surface area contributed by atoms with Gasteiger partial charge < -0.3 is 20.9 Å². The third-order valence-corrected chi connectivity index (χ3v) is 3.84. The van der Waals surface area contributed by atoms with Crippen LogP contribution in [0.15, 0.2) is 66.7 Å². The van der Waals surface area contributed by atoms with E-state index in [-0.39, 0.29) is 5.56 Å². The minimum absolute atomic E-state index is 0.181. The first-order chi connectivity index (χ1) is 12.1. The number of anilines is 3. The van der Waals surface area contributed by atoms with Crippen molar-refractivity contribution in [3.8, 4) is 16.9 Å². The number of carboxylic acid groups (broad SMARTS) is 1. The SMILES string of the molecule is COc1cccc(-c2cccc(Nc3cc(C(=O)O)ccc3N)c2)c1. The van der Waals surface area contributed by atoms with Gasteiger partial charge in [-0.2, -0.15) is 0 Å². The summed E-state index contributed by atoms with van der Waals surface area (Å²) >= 11 is 0. The van der Waals surface area contributed by atoms with Crippen LogP contribution in [0.1, 0.15) is 10.4 Å². The van der Waals surface area contributed by atoms with Gasteiger partial charge in [0.15, 0.2) is 0 Å². The average molecular weight is 334 g/mol. The van der Waals surface area contributed by atoms with Crippen molar-refractivity contribution in [2.45, 2.75) is 0 Å². The molecule has 0 bridgehead atoms. The van der Waals surface area contributed by atoms with E-state index in [1.54, 1.807) is 13.2 Å². The van der Waals surface area contributed by atoms with Crippen molar-refractivity contribution in [2.24, 2.45) is 0 Å². The molecule has 0 atom stereocenters. The Kier molecular flexibility index (Phi) is 4.57. The van der Waals surface area contributed by atoms with Crippen molar-refractivity contribution < 1.29 is 14.6 Å². The van der Waals surface area contributed by atoms with Gasteiger partial charge in [0.1, 0.15) is 5.75 Å². The standard InChI is InChI=1S/C20H18N2O3/c1-25-17-7-3-5-14(11-17)13-4-2-6-16(10-13)22-19-12-15(20(23)24)8-9-18(19)21/h2-12,22H,21H2,1H3,(H,23,24). The molecular weight excluding hydrogens is 316 g/mol. The Hall–Kier alpha value is -3.47. The summed E-state index contributed by atoms with van der Waals surface area (Å²) in [6.07, 6.45) is 0. The van der Waals surface area contributed by atoms with Crippen LogP contribution in [0.2, 0.25) is 0 Å². The van der Waals surface area contributed by atoms with E-state index in [0.29, 0.717) is 11.4 Å². The maximum Gasteiger partial charge on any atom is 0.335 e. The molecule has 0 aliphatic heterocycles. The van der Waals surface area contributed by atoms with Crippen LogP contribution in [0.5, 0.6) is 5.75 Å². The molecule has 0 unspecified atom stereocenters. The van der Waals surface area contributed by atoms with Crippen molar-refractivity contribution >= 4 is 23.0 Å². The first-order valence-electron chi connectivity index (χ1n) is 7.71. The van der Waals surface area contributed by atoms with Gasteiger partial charge in [-0.25, -0.2) is 4.79 Å². The molecule has 0 saturated carbocycles. The topological polar surface area (TPSA) is 84.6 Å². The van der Waals surface area contributed by atoms with Crippen LogP contribution in [-0.4, -0.2) is 18.2 Å². The zero-order valence-electron chi connectivity index (χ0n) is 13.7. The second-order valence-electron chi connectivity index (χ2n) is 5.54. The van der Waals surface area contributed by atoms with Crippen LogP contribution in [0.4, 0.5) is 17.1 Å². The number of hydrogen-bond donors (Lipinski definition) is 3. The highest BCUT2D eigenvalue weighted by Gasteiger charge is 2.08. The Morgan fingerprint density at radius 1 is 1.00 bits per heavy atom. The molecule has 25 heavy (non-hydrogen) atoms. The molecule has 0 fully saturated rings. The highest BCUT2D eigenvalue weighted by molar-refractivity contribution is 5.91. The lowest BCUT2D eigenvalue weighted by molar-refractivity contribution is 0.0697. The molecule has 0 spiro atoms. The Bertz CT molecular complexity index is 922. The van der Waals surface area contributed by atoms with Gasteiger partial charge in [-0.15, -0.1) is 0 Å². The average Bonchev–Trinajstić information content (AvgIpc) is 2.63. The molecule has 0 aliphatic rings. The number of carbonyl (C=O) groups is 1. The van der Waals surface area contributed by atoms with Crippen molar-refractivity contribution in [1.82, 2.24) is 0 Å². The summed E-state index contributed by atoms with van der Waals surface area (Å²) in [5, 5.41) is 12.3. The van der Waals surface area contributed by atoms with E-state index in [2.05, 4.69) is 5.32 Å². The highest BCUT2D eigenvalue weighted by atomic mass is 16.5. The van der Waals surface area contributed by atoms with Gasteiger partial charge in [-0.3, -0.25) is 0 Å². The lowest BCUT2D eigenvalue weighted by Crippen LogP contribution is -2.01. The number of methoxy groups -OCH3 is 1. The summed E-state index contributed by atoms with van der Waals surface area (Å²) < 4.78 is 5.27. The monoisotopic (exact) mass is 334 g/mol. The zero-order chi connectivity index (χ0) is 17.8. The lowest BCUT2D eigenvalue weighted by atomic mass is 10.0. The van der Waals surface area contributed by atoms with E-state index in [4.69, 9.17) is 15.6 Å². The molecule has 0 aromatic heterocycles. The molecule has 0 saturated heterocycles. The summed E-state index contributed by atoms with van der Waals surface area (Å²) in [4.78, 5) is 11.1. The minimum atomic E-state index is -0.992. The lowest BCUT2D eigenvalue weighted by Gasteiger charge is -2.12. The molecule has 5 nitrogen and oxygen atoms in total. The van der Waals surface area contributed by atoms with Gasteiger partial charge in [0.2, 0.25) is 0 Å². The number of hydrogen-bond acceptors (Lipinski definition) is 4. The molecule has 5 heteroatoms. The molecule has 3 aromatic rings. The summed E-state index contributed by atoms with van der Waals surface area (Å²) in [6.45, 7) is 0. The fourth-order valence-electron chi connectivity index (χ4n) is 2.53. The Labute approximate surface area is 145 Å². The third kappa shape index (κ3) is 3.72. The Balaban J connectivity index is 1.92. The maximum atomic E-state index is 11.1. The number of ether oxygens (including phenoxy) is 1. The number of nitrogens with two attached hydrogens (primary N) is 1. The molecule has 0 radical (unpaired) electrons. The van der Waals surface area contributed by atoms with Crippen LogP contribution in [0.3, 0.4) is 0 Å². The smallest absolute Gasteiger partial charge is 0.335 e. The second-order valence-corrected chi connectivity index (χ2v) is 5.54. The van der Waals surface area contributed by atoms with Crippen molar-refractivity contribution in [1.29, 1.82) is 0 Å². The maximum absolute atomic E-state index is 11.1. The van der Waals surface area contributed by atoms with E-state index in [0.717, 1.165) is 22.6 Å². The predicted octanol–water partition coefficient (Wildman–Crippen LogP) is 4.39. The molecule has 4 N–H and O–H groups in total. The fraction of sp³-hybridized carbons (Fsp3) is 0.0500. The number of nitrogens with one attached hydrogen (secondary N) is 1. The summed E-state index contributed by atoms with van der Waals surface area (Å²) in [5.41, 5.74) is 10.0. The summed E-state index contributed by atoms with van der Waals surface area (Å²) in [7, 11) is 1.63. The largest absolute Gasteiger partial charge is 0.497 e. The first kappa shape index (κ1) is 16.4. The number of aromatic carboxylic acids is 1. The van der Waals surface area contributed by atoms with Crippen molar-refractivity contribution in [2.75, 3.05) is 18.2 Å². The van der Waals surface area contributed by atoms with E-state index in [9.17, 15) is 4.79 Å². The fourth-order valence-corrected chi connectivity index (χ4v) is 2.53. The number of benzene rings is 3. The van der Waals surface area contributed by atoms with Crippen LogP contribution in [0.25, 0.3) is 11.1 Å². The second kappa shape index (κ2) is 6.97. The molecule has 3 aromatic carbocycles. The molecular formula is C20H18N2O3. The van der Waals surface area contributed by atoms with Gasteiger partial charge in [0, 0.05) is 5.69 Å². The van der Waals surface area contributed by atoms with Crippen LogP contribution in [0, 0.1) is 0 Å². The van der Waals surface area contributed by atoms with Crippen molar-refractivity contribution in [3.05, 3.63) is 72.3 Å². The van der Waals surface area contributed by atoms with E-state index in [1.165, 1.54) is 12.1 Å². The summed E-state index contributed by atoms with van der Waals surface area (Å²) in [5.74, 6) is -0.206. The number of nitrogen functional groups attached to an aromatic ring is 1. The van der Waals surface area contributed by atoms with E-state index < -0.39 is 5.97 Å². The van der Waals surface area contributed by atoms with E-state index in [1.807, 2.05) is 48.5 Å². The summed E-state index contributed by atoms with van der Waals surface area (Å²) in [6, 6.07) is 20.2. The number of carboxylic acids is 1. The predicted molar refractivity (Wildman–Crippen MR) is 99.5 cm³/mol. The molecule has 0 amide bonds. The molecule has 126 valence electrons. The normalized spacial score (nSPS) is 10.3. The van der Waals surface area contributed by atoms with Gasteiger partial charge in [0.05, 0.1) is 24.0 Å². The van der Waals surface area contributed by atoms with Gasteiger partial charge >= 0.3 is 5.97 Å². The van der Waals surface area contributed by atoms with Crippen molar-refractivity contribution in [3.63, 3.8) is 0 Å². The number of rotatable bonds is 5. The quantitative estimate of drug-likeness (QED) is 0.603. The van der Waals surface area contributed by atoms with Gasteiger partial charge in [-0.1, -0.05) is 24.3 Å². The molecule has 0 aliphatic carbocycles. The van der Waals surface area contributed by atoms with E-state index >= 15 is 0 Å². The Morgan fingerprint density at radius 3 is 2.44 bits per heavy atom. The van der Waals surface area contributed by atoms with Gasteiger partial charge in [0.25, 0.3) is 0 Å². The van der Waals surface area contributed by atoms with Crippen LogP contribution < -0.4 is 15.8 Å². The minimum Gasteiger partial charge on any atom is -0.497 e. The third-order valence-electron chi connectivity index (χ3n) is 3.84. The molecule has 3 rings (SSSR count). The zero-order valence-corrected chi connectivity index (χ0v) is 13.7. The van der Waals surface area contributed by atoms with Crippen LogP contribution in [-0.2, 0) is 0 Å². The molecule has 0 heterocycles.